The minimum Gasteiger partial charge on any atom is -0.351 e. The molecule has 26 heavy (non-hydrogen) atoms. The quantitative estimate of drug-likeness (QED) is 0.449. The molecule has 0 atom stereocenters. The Morgan fingerprint density at radius 3 is 2.81 bits per heavy atom. The maximum Gasteiger partial charge on any atom is 0.252 e. The topological polar surface area (TPSA) is 58.4 Å². The summed E-state index contributed by atoms with van der Waals surface area (Å²) in [6.07, 6.45) is 5.12. The van der Waals surface area contributed by atoms with Crippen LogP contribution in [0.25, 0.3) is 5.65 Å². The predicted molar refractivity (Wildman–Crippen MR) is 107 cm³/mol. The van der Waals surface area contributed by atoms with E-state index in [4.69, 9.17) is 0 Å². The first-order valence-electron chi connectivity index (χ1n) is 8.91. The Hall–Kier alpha value is -2.31. The zero-order valence-electron chi connectivity index (χ0n) is 14.9. The Labute approximate surface area is 158 Å². The van der Waals surface area contributed by atoms with Crippen molar-refractivity contribution < 1.29 is 4.79 Å². The van der Waals surface area contributed by atoms with Gasteiger partial charge in [0.2, 0.25) is 0 Å². The fraction of sp³-hybridized carbons (Fsp3) is 0.300. The van der Waals surface area contributed by atoms with Crippen molar-refractivity contribution in [1.29, 1.82) is 0 Å². The van der Waals surface area contributed by atoms with Crippen LogP contribution < -0.4 is 10.6 Å². The van der Waals surface area contributed by atoms with Crippen LogP contribution in [0.4, 0.5) is 0 Å². The van der Waals surface area contributed by atoms with Crippen molar-refractivity contribution in [1.82, 2.24) is 20.0 Å². The lowest BCUT2D eigenvalue weighted by atomic mass is 10.2. The van der Waals surface area contributed by atoms with E-state index in [2.05, 4.69) is 22.5 Å². The van der Waals surface area contributed by atoms with Gasteiger partial charge < -0.3 is 15.0 Å². The van der Waals surface area contributed by atoms with Crippen LogP contribution in [0, 0.1) is 0 Å². The molecule has 0 radical (unpaired) electrons. The molecule has 0 saturated carbocycles. The number of nitrogens with zero attached hydrogens (tertiary/aromatic N) is 2. The van der Waals surface area contributed by atoms with E-state index in [9.17, 15) is 4.79 Å². The standard InChI is InChI=1S/C20H24N4OS/c1-2-10-21-11-12-22-20(25)17-7-3-4-8-18(17)26-15-16-14-24-13-6-5-9-19(24)23-16/h3-9,13-14,21H,2,10-12,15H2,1H3,(H,22,25). The van der Waals surface area contributed by atoms with Crippen molar-refractivity contribution in [2.24, 2.45) is 0 Å². The maximum atomic E-state index is 12.5. The van der Waals surface area contributed by atoms with Gasteiger partial charge in [-0.25, -0.2) is 4.98 Å². The summed E-state index contributed by atoms with van der Waals surface area (Å²) in [6.45, 7) is 4.52. The number of aromatic nitrogens is 2. The second-order valence-electron chi connectivity index (χ2n) is 5.99. The van der Waals surface area contributed by atoms with Crippen LogP contribution in [0.5, 0.6) is 0 Å². The lowest BCUT2D eigenvalue weighted by Crippen LogP contribution is -2.32. The van der Waals surface area contributed by atoms with Gasteiger partial charge in [0.25, 0.3) is 5.91 Å². The number of amides is 1. The number of rotatable bonds is 9. The molecule has 0 unspecified atom stereocenters. The van der Waals surface area contributed by atoms with Gasteiger partial charge >= 0.3 is 0 Å². The van der Waals surface area contributed by atoms with Crippen LogP contribution in [-0.4, -0.2) is 34.9 Å². The first kappa shape index (κ1) is 18.5. The first-order chi connectivity index (χ1) is 12.8. The SMILES string of the molecule is CCCNCCNC(=O)c1ccccc1SCc1cn2ccccc2n1. The number of pyridine rings is 1. The molecule has 136 valence electrons. The zero-order valence-corrected chi connectivity index (χ0v) is 15.8. The van der Waals surface area contributed by atoms with E-state index in [1.165, 1.54) is 0 Å². The van der Waals surface area contributed by atoms with Crippen molar-refractivity contribution in [3.63, 3.8) is 0 Å². The van der Waals surface area contributed by atoms with E-state index < -0.39 is 0 Å². The summed E-state index contributed by atoms with van der Waals surface area (Å²) in [6, 6.07) is 13.7. The number of imidazole rings is 1. The second-order valence-corrected chi connectivity index (χ2v) is 7.01. The average molecular weight is 369 g/mol. The van der Waals surface area contributed by atoms with Crippen LogP contribution in [-0.2, 0) is 5.75 Å². The smallest absolute Gasteiger partial charge is 0.252 e. The normalized spacial score (nSPS) is 11.0. The molecule has 0 saturated heterocycles. The Morgan fingerprint density at radius 1 is 1.12 bits per heavy atom. The molecule has 5 nitrogen and oxygen atoms in total. The number of thioether (sulfide) groups is 1. The van der Waals surface area contributed by atoms with Gasteiger partial charge in [0.1, 0.15) is 5.65 Å². The number of carbonyl (C=O) groups is 1. The molecule has 0 fully saturated rings. The van der Waals surface area contributed by atoms with Crippen LogP contribution >= 0.6 is 11.8 Å². The third-order valence-corrected chi connectivity index (χ3v) is 5.04. The number of benzene rings is 1. The third-order valence-electron chi connectivity index (χ3n) is 3.94. The highest BCUT2D eigenvalue weighted by Crippen LogP contribution is 2.26. The van der Waals surface area contributed by atoms with E-state index in [-0.39, 0.29) is 5.91 Å². The van der Waals surface area contributed by atoms with Crippen LogP contribution in [0.2, 0.25) is 0 Å². The van der Waals surface area contributed by atoms with Crippen molar-refractivity contribution in [3.8, 4) is 0 Å². The number of hydrogen-bond donors (Lipinski definition) is 2. The molecule has 1 aromatic carbocycles. The van der Waals surface area contributed by atoms with E-state index >= 15 is 0 Å². The van der Waals surface area contributed by atoms with Gasteiger partial charge in [0.05, 0.1) is 11.3 Å². The lowest BCUT2D eigenvalue weighted by Gasteiger charge is -2.10. The van der Waals surface area contributed by atoms with Crippen LogP contribution in [0.15, 0.2) is 59.8 Å². The zero-order chi connectivity index (χ0) is 18.2. The Balaban J connectivity index is 1.60. The molecule has 3 aromatic rings. The Bertz CT molecular complexity index is 829. The fourth-order valence-corrected chi connectivity index (χ4v) is 3.58. The van der Waals surface area contributed by atoms with Crippen molar-refractivity contribution in [2.45, 2.75) is 24.0 Å². The Morgan fingerprint density at radius 2 is 1.96 bits per heavy atom. The molecule has 1 amide bonds. The molecule has 3 rings (SSSR count). The molecule has 2 aromatic heterocycles. The highest BCUT2D eigenvalue weighted by Gasteiger charge is 2.11. The van der Waals surface area contributed by atoms with Gasteiger partial charge in [-0.05, 0) is 37.2 Å². The van der Waals surface area contributed by atoms with E-state index in [1.54, 1.807) is 11.8 Å². The van der Waals surface area contributed by atoms with Gasteiger partial charge in [0.15, 0.2) is 0 Å². The van der Waals surface area contributed by atoms with Gasteiger partial charge in [-0.1, -0.05) is 25.1 Å². The minimum absolute atomic E-state index is 0.0265. The molecule has 6 heteroatoms. The molecular formula is C20H24N4OS. The van der Waals surface area contributed by atoms with Crippen molar-refractivity contribution in [2.75, 3.05) is 19.6 Å². The highest BCUT2D eigenvalue weighted by molar-refractivity contribution is 7.98. The number of hydrogen-bond acceptors (Lipinski definition) is 4. The molecule has 0 aliphatic heterocycles. The summed E-state index contributed by atoms with van der Waals surface area (Å²) >= 11 is 1.64. The highest BCUT2D eigenvalue weighted by atomic mass is 32.2. The van der Waals surface area contributed by atoms with E-state index in [1.807, 2.05) is 59.3 Å². The number of nitrogens with one attached hydrogen (secondary N) is 2. The summed E-state index contributed by atoms with van der Waals surface area (Å²) in [5.41, 5.74) is 2.66. The number of fused-ring (bicyclic) bond motifs is 1. The summed E-state index contributed by atoms with van der Waals surface area (Å²) in [5, 5.41) is 6.27. The largest absolute Gasteiger partial charge is 0.351 e. The molecule has 0 aliphatic carbocycles. The van der Waals surface area contributed by atoms with Crippen molar-refractivity contribution in [3.05, 3.63) is 66.1 Å². The van der Waals surface area contributed by atoms with Crippen LogP contribution in [0.3, 0.4) is 0 Å². The van der Waals surface area contributed by atoms with Crippen LogP contribution in [0.1, 0.15) is 29.4 Å². The van der Waals surface area contributed by atoms with Gasteiger partial charge in [-0.15, -0.1) is 11.8 Å². The van der Waals surface area contributed by atoms with Gasteiger partial charge in [-0.3, -0.25) is 4.79 Å². The third kappa shape index (κ3) is 4.86. The Kier molecular flexibility index (Phi) is 6.68. The average Bonchev–Trinajstić information content (AvgIpc) is 3.09. The summed E-state index contributed by atoms with van der Waals surface area (Å²) in [7, 11) is 0. The van der Waals surface area contributed by atoms with Gasteiger partial charge in [0, 0.05) is 36.1 Å². The molecule has 0 spiro atoms. The summed E-state index contributed by atoms with van der Waals surface area (Å²) in [5.74, 6) is 0.700. The maximum absolute atomic E-state index is 12.5. The first-order valence-corrected chi connectivity index (χ1v) is 9.90. The molecule has 2 heterocycles. The van der Waals surface area contributed by atoms with E-state index in [0.29, 0.717) is 6.54 Å². The monoisotopic (exact) mass is 368 g/mol. The molecule has 0 aliphatic rings. The molecule has 2 N–H and O–H groups in total. The second kappa shape index (κ2) is 9.40. The minimum atomic E-state index is -0.0265. The van der Waals surface area contributed by atoms with Gasteiger partial charge in [-0.2, -0.15) is 0 Å². The summed E-state index contributed by atoms with van der Waals surface area (Å²) < 4.78 is 2.01. The lowest BCUT2D eigenvalue weighted by molar-refractivity contribution is 0.0951. The van der Waals surface area contributed by atoms with Crippen molar-refractivity contribution >= 4 is 23.3 Å². The summed E-state index contributed by atoms with van der Waals surface area (Å²) in [4.78, 5) is 18.1. The molecule has 0 bridgehead atoms. The fourth-order valence-electron chi connectivity index (χ4n) is 2.65. The molecular weight excluding hydrogens is 344 g/mol. The number of carbonyl (C=O) groups excluding carboxylic acids is 1. The van der Waals surface area contributed by atoms with E-state index in [0.717, 1.165) is 47.1 Å². The predicted octanol–water partition coefficient (Wildman–Crippen LogP) is 3.36.